The van der Waals surface area contributed by atoms with E-state index in [1.807, 2.05) is 0 Å². The maximum Gasteiger partial charge on any atom is 0.0297 e. The Morgan fingerprint density at radius 1 is 1.00 bits per heavy atom. The normalized spacial score (nSPS) is 12.6. The number of nitrogens with zero attached hydrogens (tertiary/aromatic N) is 1. The van der Waals surface area contributed by atoms with Gasteiger partial charge in [-0.25, -0.2) is 0 Å². The Hall–Kier alpha value is -2.06. The fraction of sp³-hybridized carbons (Fsp3) is 0.300. The molecule has 1 heterocycles. The monoisotopic (exact) mass is 292 g/mol. The molecule has 0 aromatic carbocycles. The van der Waals surface area contributed by atoms with Crippen LogP contribution in [0.3, 0.4) is 0 Å². The van der Waals surface area contributed by atoms with E-state index in [4.69, 9.17) is 0 Å². The molecule has 1 aromatic heterocycles. The van der Waals surface area contributed by atoms with Gasteiger partial charge in [-0.3, -0.25) is 0 Å². The zero-order chi connectivity index (χ0) is 15.4. The first-order chi connectivity index (χ1) is 10.8. The number of aryl methyl sites for hydroxylation is 2. The van der Waals surface area contributed by atoms with E-state index >= 15 is 0 Å². The van der Waals surface area contributed by atoms with E-state index < -0.39 is 0 Å². The summed E-state index contributed by atoms with van der Waals surface area (Å²) in [5.41, 5.74) is 5.47. The van der Waals surface area contributed by atoms with Crippen molar-refractivity contribution in [1.29, 1.82) is 0 Å². The van der Waals surface area contributed by atoms with E-state index in [0.29, 0.717) is 6.04 Å². The van der Waals surface area contributed by atoms with E-state index in [1.165, 1.54) is 22.4 Å². The van der Waals surface area contributed by atoms with Gasteiger partial charge in [-0.15, -0.1) is 0 Å². The molecule has 0 fully saturated rings. The summed E-state index contributed by atoms with van der Waals surface area (Å²) in [7, 11) is 2.11. The zero-order valence-corrected chi connectivity index (χ0v) is 13.4. The molecule has 0 radical (unpaired) electrons. The molecule has 2 aliphatic rings. The van der Waals surface area contributed by atoms with Crippen LogP contribution in [0, 0.1) is 0 Å². The van der Waals surface area contributed by atoms with Crippen molar-refractivity contribution >= 4 is 0 Å². The fourth-order valence-electron chi connectivity index (χ4n) is 3.07. The van der Waals surface area contributed by atoms with Crippen LogP contribution in [-0.4, -0.2) is 11.1 Å². The summed E-state index contributed by atoms with van der Waals surface area (Å²) in [6.45, 7) is 3.29. The molecular weight excluding hydrogens is 268 g/mol. The summed E-state index contributed by atoms with van der Waals surface area (Å²) in [5, 5.41) is 3.66. The van der Waals surface area contributed by atoms with Crippen molar-refractivity contribution in [2.75, 3.05) is 6.54 Å². The van der Waals surface area contributed by atoms with E-state index in [0.717, 1.165) is 19.4 Å². The highest BCUT2D eigenvalue weighted by Gasteiger charge is 2.13. The Balaban J connectivity index is 1.56. The first kappa shape index (κ1) is 14.9. The summed E-state index contributed by atoms with van der Waals surface area (Å²) in [6, 6.07) is 19.9. The molecule has 0 bridgehead atoms. The Kier molecular flexibility index (Phi) is 4.59. The molecule has 0 aliphatic heterocycles. The molecule has 1 aromatic rings. The van der Waals surface area contributed by atoms with Gasteiger partial charge in [0.2, 0.25) is 0 Å². The Labute approximate surface area is 133 Å². The number of nitrogens with one attached hydrogen (secondary N) is 1. The second kappa shape index (κ2) is 6.80. The maximum absolute atomic E-state index is 3.66. The fourth-order valence-corrected chi connectivity index (χ4v) is 3.07. The third-order valence-corrected chi connectivity index (χ3v) is 4.40. The molecule has 1 unspecified atom stereocenters. The number of rotatable bonds is 6. The molecule has 0 saturated carbocycles. The molecule has 114 valence electrons. The summed E-state index contributed by atoms with van der Waals surface area (Å²) in [5.74, 6) is 0. The zero-order valence-electron chi connectivity index (χ0n) is 13.4. The van der Waals surface area contributed by atoms with Crippen molar-refractivity contribution in [1.82, 2.24) is 9.88 Å². The first-order valence-electron chi connectivity index (χ1n) is 8.07. The number of hydrogen-bond donors (Lipinski definition) is 1. The maximum atomic E-state index is 3.66. The van der Waals surface area contributed by atoms with Gasteiger partial charge < -0.3 is 9.88 Å². The molecule has 3 rings (SSSR count). The molecule has 1 atom stereocenters. The van der Waals surface area contributed by atoms with Gasteiger partial charge in [0.05, 0.1) is 0 Å². The van der Waals surface area contributed by atoms with Crippen molar-refractivity contribution in [3.63, 3.8) is 0 Å². The second-order valence-corrected chi connectivity index (χ2v) is 5.96. The molecule has 0 spiro atoms. The van der Waals surface area contributed by atoms with Crippen LogP contribution in [0.2, 0.25) is 0 Å². The van der Waals surface area contributed by atoms with Gasteiger partial charge in [0.1, 0.15) is 0 Å². The van der Waals surface area contributed by atoms with Gasteiger partial charge in [0, 0.05) is 25.0 Å². The average Bonchev–Trinajstić information content (AvgIpc) is 3.03. The SMILES string of the molecule is CC(NCCCc1cccn1C)c1ccc2cccccc1-2. The highest BCUT2D eigenvalue weighted by atomic mass is 14.9. The van der Waals surface area contributed by atoms with Crippen molar-refractivity contribution in [2.45, 2.75) is 25.8 Å². The Bertz CT molecular complexity index is 698. The van der Waals surface area contributed by atoms with Crippen LogP contribution in [0.5, 0.6) is 0 Å². The van der Waals surface area contributed by atoms with Gasteiger partial charge in [-0.05, 0) is 55.1 Å². The van der Waals surface area contributed by atoms with Crippen molar-refractivity contribution in [2.24, 2.45) is 7.05 Å². The highest BCUT2D eigenvalue weighted by molar-refractivity contribution is 5.70. The van der Waals surface area contributed by atoms with Crippen LogP contribution in [0.25, 0.3) is 11.1 Å². The molecule has 22 heavy (non-hydrogen) atoms. The van der Waals surface area contributed by atoms with Crippen molar-refractivity contribution in [3.8, 4) is 11.1 Å². The third-order valence-electron chi connectivity index (χ3n) is 4.40. The minimum Gasteiger partial charge on any atom is -0.354 e. The van der Waals surface area contributed by atoms with Crippen LogP contribution in [0.4, 0.5) is 0 Å². The summed E-state index contributed by atoms with van der Waals surface area (Å²) < 4.78 is 2.20. The summed E-state index contributed by atoms with van der Waals surface area (Å²) >= 11 is 0. The smallest absolute Gasteiger partial charge is 0.0297 e. The molecule has 1 N–H and O–H groups in total. The Morgan fingerprint density at radius 2 is 1.86 bits per heavy atom. The van der Waals surface area contributed by atoms with Gasteiger partial charge in [0.25, 0.3) is 0 Å². The lowest BCUT2D eigenvalue weighted by atomic mass is 10.0. The molecular formula is C20H24N2. The molecule has 2 aliphatic carbocycles. The summed E-state index contributed by atoms with van der Waals surface area (Å²) in [6.07, 6.45) is 4.40. The molecule has 2 nitrogen and oxygen atoms in total. The lowest BCUT2D eigenvalue weighted by molar-refractivity contribution is 0.555. The largest absolute Gasteiger partial charge is 0.354 e. The molecule has 0 amide bonds. The average molecular weight is 292 g/mol. The van der Waals surface area contributed by atoms with Gasteiger partial charge >= 0.3 is 0 Å². The molecule has 2 heteroatoms. The van der Waals surface area contributed by atoms with Crippen molar-refractivity contribution in [3.05, 3.63) is 72.1 Å². The predicted octanol–water partition coefficient (Wildman–Crippen LogP) is 4.41. The van der Waals surface area contributed by atoms with Crippen LogP contribution >= 0.6 is 0 Å². The highest BCUT2D eigenvalue weighted by Crippen LogP contribution is 2.31. The Morgan fingerprint density at radius 3 is 2.68 bits per heavy atom. The van der Waals surface area contributed by atoms with E-state index in [-0.39, 0.29) is 0 Å². The van der Waals surface area contributed by atoms with Crippen molar-refractivity contribution < 1.29 is 0 Å². The number of fused-ring (bicyclic) bond motifs is 1. The molecule has 0 saturated heterocycles. The predicted molar refractivity (Wildman–Crippen MR) is 93.2 cm³/mol. The van der Waals surface area contributed by atoms with Gasteiger partial charge in [-0.1, -0.05) is 42.5 Å². The standard InChI is InChI=1S/C20H24N2/c1-16(21-14-6-9-18-10-7-15-22(18)2)19-13-12-17-8-4-3-5-11-20(17)19/h3-5,7-8,10-13,15-16,21H,6,9,14H2,1-2H3. The topological polar surface area (TPSA) is 17.0 Å². The number of aromatic nitrogens is 1. The van der Waals surface area contributed by atoms with E-state index in [1.54, 1.807) is 0 Å². The van der Waals surface area contributed by atoms with Crippen LogP contribution in [0.1, 0.15) is 30.6 Å². The van der Waals surface area contributed by atoms with E-state index in [2.05, 4.69) is 84.6 Å². The van der Waals surface area contributed by atoms with Crippen LogP contribution in [-0.2, 0) is 13.5 Å². The lowest BCUT2D eigenvalue weighted by Crippen LogP contribution is -2.20. The van der Waals surface area contributed by atoms with Crippen LogP contribution in [0.15, 0.2) is 60.8 Å². The third kappa shape index (κ3) is 3.23. The number of hydrogen-bond acceptors (Lipinski definition) is 1. The van der Waals surface area contributed by atoms with Crippen LogP contribution < -0.4 is 5.32 Å². The quantitative estimate of drug-likeness (QED) is 0.666. The summed E-state index contributed by atoms with van der Waals surface area (Å²) in [4.78, 5) is 0. The van der Waals surface area contributed by atoms with E-state index in [9.17, 15) is 0 Å². The lowest BCUT2D eigenvalue weighted by Gasteiger charge is -2.15. The minimum atomic E-state index is 0.383. The first-order valence-corrected chi connectivity index (χ1v) is 8.07. The van der Waals surface area contributed by atoms with Gasteiger partial charge in [0.15, 0.2) is 0 Å². The second-order valence-electron chi connectivity index (χ2n) is 5.96. The van der Waals surface area contributed by atoms with Gasteiger partial charge in [-0.2, -0.15) is 0 Å². The minimum absolute atomic E-state index is 0.383.